The van der Waals surface area contributed by atoms with Gasteiger partial charge in [0.2, 0.25) is 5.82 Å². The first-order valence-corrected chi connectivity index (χ1v) is 6.58. The van der Waals surface area contributed by atoms with Gasteiger partial charge < -0.3 is 10.3 Å². The van der Waals surface area contributed by atoms with Gasteiger partial charge in [-0.3, -0.25) is 0 Å². The number of anilines is 1. The second kappa shape index (κ2) is 5.18. The smallest absolute Gasteiger partial charge is 0.258 e. The molecule has 0 saturated carbocycles. The maximum absolute atomic E-state index is 13.1. The highest BCUT2D eigenvalue weighted by Gasteiger charge is 2.13. The highest BCUT2D eigenvalue weighted by molar-refractivity contribution is 6.33. The zero-order chi connectivity index (χ0) is 15.0. The van der Waals surface area contributed by atoms with Gasteiger partial charge in [-0.25, -0.2) is 4.39 Å². The Hall–Kier alpha value is -2.40. The molecule has 0 bridgehead atoms. The third-order valence-corrected chi connectivity index (χ3v) is 3.43. The lowest BCUT2D eigenvalue weighted by Gasteiger charge is -2.00. The number of nitrogen functional groups attached to an aromatic ring is 1. The Kier molecular flexibility index (Phi) is 3.35. The van der Waals surface area contributed by atoms with Crippen molar-refractivity contribution in [1.82, 2.24) is 10.1 Å². The standard InChI is InChI=1S/C15H11ClFN3O/c1-8-6-10(17)3-4-11(8)14-19-15(21-20-14)9-2-5-13(18)12(16)7-9/h2-7H,18H2,1H3. The largest absolute Gasteiger partial charge is 0.398 e. The van der Waals surface area contributed by atoms with Crippen molar-refractivity contribution in [3.63, 3.8) is 0 Å². The number of nitrogens with two attached hydrogens (primary N) is 1. The highest BCUT2D eigenvalue weighted by atomic mass is 35.5. The highest BCUT2D eigenvalue weighted by Crippen LogP contribution is 2.28. The number of halogens is 2. The summed E-state index contributed by atoms with van der Waals surface area (Å²) in [4.78, 5) is 4.31. The lowest BCUT2D eigenvalue weighted by molar-refractivity contribution is 0.432. The molecule has 2 N–H and O–H groups in total. The van der Waals surface area contributed by atoms with Gasteiger partial charge in [0.05, 0.1) is 10.7 Å². The molecule has 2 aromatic carbocycles. The van der Waals surface area contributed by atoms with Crippen LogP contribution in [-0.4, -0.2) is 10.1 Å². The molecular weight excluding hydrogens is 293 g/mol. The Labute approximate surface area is 125 Å². The maximum atomic E-state index is 13.1. The van der Waals surface area contributed by atoms with Gasteiger partial charge in [-0.1, -0.05) is 16.8 Å². The summed E-state index contributed by atoms with van der Waals surface area (Å²) in [6.07, 6.45) is 0. The summed E-state index contributed by atoms with van der Waals surface area (Å²) < 4.78 is 18.4. The molecule has 0 amide bonds. The normalized spacial score (nSPS) is 10.8. The van der Waals surface area contributed by atoms with Gasteiger partial charge in [-0.15, -0.1) is 0 Å². The van der Waals surface area contributed by atoms with Crippen LogP contribution in [0.3, 0.4) is 0 Å². The molecule has 4 nitrogen and oxygen atoms in total. The van der Waals surface area contributed by atoms with Crippen molar-refractivity contribution in [3.8, 4) is 22.8 Å². The molecular formula is C15H11ClFN3O. The van der Waals surface area contributed by atoms with Gasteiger partial charge in [-0.05, 0) is 48.9 Å². The average Bonchev–Trinajstić information content (AvgIpc) is 2.91. The van der Waals surface area contributed by atoms with E-state index in [1.807, 2.05) is 0 Å². The summed E-state index contributed by atoms with van der Waals surface area (Å²) in [7, 11) is 0. The van der Waals surface area contributed by atoms with Crippen molar-refractivity contribution in [1.29, 1.82) is 0 Å². The SMILES string of the molecule is Cc1cc(F)ccc1-c1noc(-c2ccc(N)c(Cl)c2)n1. The number of nitrogens with zero attached hydrogens (tertiary/aromatic N) is 2. The van der Waals surface area contributed by atoms with Crippen molar-refractivity contribution >= 4 is 17.3 Å². The van der Waals surface area contributed by atoms with Gasteiger partial charge in [0.15, 0.2) is 0 Å². The van der Waals surface area contributed by atoms with Crippen molar-refractivity contribution in [2.75, 3.05) is 5.73 Å². The van der Waals surface area contributed by atoms with Crippen molar-refractivity contribution in [2.45, 2.75) is 6.92 Å². The minimum absolute atomic E-state index is 0.301. The first-order chi connectivity index (χ1) is 10.0. The lowest BCUT2D eigenvalue weighted by atomic mass is 10.1. The summed E-state index contributed by atoms with van der Waals surface area (Å²) in [6.45, 7) is 1.79. The molecule has 106 valence electrons. The lowest BCUT2D eigenvalue weighted by Crippen LogP contribution is -1.88. The molecule has 0 spiro atoms. The van der Waals surface area contributed by atoms with Crippen LogP contribution in [-0.2, 0) is 0 Å². The topological polar surface area (TPSA) is 64.9 Å². The zero-order valence-electron chi connectivity index (χ0n) is 11.1. The molecule has 0 aliphatic carbocycles. The maximum Gasteiger partial charge on any atom is 0.258 e. The van der Waals surface area contributed by atoms with E-state index in [4.69, 9.17) is 21.9 Å². The molecule has 1 heterocycles. The molecule has 3 aromatic rings. The predicted octanol–water partition coefficient (Wildman–Crippen LogP) is 4.09. The van der Waals surface area contributed by atoms with Crippen molar-refractivity contribution in [2.24, 2.45) is 0 Å². The quantitative estimate of drug-likeness (QED) is 0.724. The zero-order valence-corrected chi connectivity index (χ0v) is 11.9. The molecule has 6 heteroatoms. The number of hydrogen-bond donors (Lipinski definition) is 1. The van der Waals surface area contributed by atoms with Gasteiger partial charge in [-0.2, -0.15) is 4.98 Å². The van der Waals surface area contributed by atoms with E-state index in [0.717, 1.165) is 5.56 Å². The molecule has 0 aliphatic heterocycles. The fourth-order valence-electron chi connectivity index (χ4n) is 1.99. The third-order valence-electron chi connectivity index (χ3n) is 3.10. The summed E-state index contributed by atoms with van der Waals surface area (Å²) in [5.41, 5.74) is 8.27. The van der Waals surface area contributed by atoms with E-state index >= 15 is 0 Å². The Bertz CT molecular complexity index is 816. The van der Waals surface area contributed by atoms with Gasteiger partial charge >= 0.3 is 0 Å². The van der Waals surface area contributed by atoms with Gasteiger partial charge in [0.1, 0.15) is 5.82 Å². The fraction of sp³-hybridized carbons (Fsp3) is 0.0667. The average molecular weight is 304 g/mol. The Balaban J connectivity index is 2.01. The van der Waals surface area contributed by atoms with Crippen molar-refractivity contribution < 1.29 is 8.91 Å². The number of aryl methyl sites for hydroxylation is 1. The molecule has 0 aliphatic rings. The predicted molar refractivity (Wildman–Crippen MR) is 79.3 cm³/mol. The molecule has 3 rings (SSSR count). The number of aromatic nitrogens is 2. The van der Waals surface area contributed by atoms with Crippen LogP contribution in [0.5, 0.6) is 0 Å². The second-order valence-electron chi connectivity index (χ2n) is 4.62. The molecule has 0 unspecified atom stereocenters. The number of benzene rings is 2. The summed E-state index contributed by atoms with van der Waals surface area (Å²) in [5.74, 6) is 0.427. The van der Waals surface area contributed by atoms with Crippen LogP contribution in [0.2, 0.25) is 5.02 Å². The molecule has 0 radical (unpaired) electrons. The van der Waals surface area contributed by atoms with E-state index in [-0.39, 0.29) is 5.82 Å². The van der Waals surface area contributed by atoms with Crippen LogP contribution in [0.25, 0.3) is 22.8 Å². The van der Waals surface area contributed by atoms with E-state index in [0.29, 0.717) is 33.6 Å². The Morgan fingerprint density at radius 2 is 2.00 bits per heavy atom. The third kappa shape index (κ3) is 2.60. The van der Waals surface area contributed by atoms with Crippen LogP contribution >= 0.6 is 11.6 Å². The second-order valence-corrected chi connectivity index (χ2v) is 5.03. The summed E-state index contributed by atoms with van der Waals surface area (Å²) in [5, 5.41) is 4.34. The first-order valence-electron chi connectivity index (χ1n) is 6.20. The molecule has 0 saturated heterocycles. The molecule has 21 heavy (non-hydrogen) atoms. The van der Waals surface area contributed by atoms with Gasteiger partial charge in [0, 0.05) is 11.1 Å². The molecule has 0 fully saturated rings. The summed E-state index contributed by atoms with van der Waals surface area (Å²) >= 11 is 5.97. The number of rotatable bonds is 2. The van der Waals surface area contributed by atoms with Gasteiger partial charge in [0.25, 0.3) is 5.89 Å². The van der Waals surface area contributed by atoms with Crippen LogP contribution in [0.1, 0.15) is 5.56 Å². The minimum Gasteiger partial charge on any atom is -0.398 e. The first kappa shape index (κ1) is 13.6. The Morgan fingerprint density at radius 1 is 1.19 bits per heavy atom. The van der Waals surface area contributed by atoms with Crippen LogP contribution in [0, 0.1) is 12.7 Å². The Morgan fingerprint density at radius 3 is 2.71 bits per heavy atom. The summed E-state index contributed by atoms with van der Waals surface area (Å²) in [6, 6.07) is 9.48. The van der Waals surface area contributed by atoms with Crippen LogP contribution in [0.15, 0.2) is 40.9 Å². The molecule has 1 aromatic heterocycles. The minimum atomic E-state index is -0.301. The number of hydrogen-bond acceptors (Lipinski definition) is 4. The van der Waals surface area contributed by atoms with E-state index in [1.54, 1.807) is 31.2 Å². The fourth-order valence-corrected chi connectivity index (χ4v) is 2.17. The van der Waals surface area contributed by atoms with E-state index < -0.39 is 0 Å². The van der Waals surface area contributed by atoms with Crippen molar-refractivity contribution in [3.05, 3.63) is 52.8 Å². The van der Waals surface area contributed by atoms with Crippen LogP contribution in [0.4, 0.5) is 10.1 Å². The monoisotopic (exact) mass is 303 g/mol. The van der Waals surface area contributed by atoms with Crippen LogP contribution < -0.4 is 5.73 Å². The van der Waals surface area contributed by atoms with E-state index in [2.05, 4.69) is 10.1 Å². The van der Waals surface area contributed by atoms with E-state index in [9.17, 15) is 4.39 Å². The van der Waals surface area contributed by atoms with E-state index in [1.165, 1.54) is 12.1 Å². The molecule has 0 atom stereocenters.